The molecule has 0 aromatic rings. The summed E-state index contributed by atoms with van der Waals surface area (Å²) in [6.45, 7) is 8.54. The summed E-state index contributed by atoms with van der Waals surface area (Å²) in [4.78, 5) is 11.3. The number of carbonyl (C=O) groups is 1. The molecule has 0 atom stereocenters. The van der Waals surface area contributed by atoms with Crippen molar-refractivity contribution in [1.29, 1.82) is 0 Å². The van der Waals surface area contributed by atoms with Crippen LogP contribution in [0.4, 0.5) is 0 Å². The maximum atomic E-state index is 11.3. The van der Waals surface area contributed by atoms with E-state index >= 15 is 0 Å². The molecule has 1 fully saturated rings. The van der Waals surface area contributed by atoms with E-state index in [1.807, 2.05) is 0 Å². The first-order valence-electron chi connectivity index (χ1n) is 4.57. The Morgan fingerprint density at radius 1 is 1.17 bits per heavy atom. The van der Waals surface area contributed by atoms with Gasteiger partial charge in [-0.25, -0.2) is 0 Å². The van der Waals surface area contributed by atoms with Crippen LogP contribution in [0.2, 0.25) is 0 Å². The molecule has 0 radical (unpaired) electrons. The molecule has 0 aromatic heterocycles. The summed E-state index contributed by atoms with van der Waals surface area (Å²) in [5, 5.41) is 0. The van der Waals surface area contributed by atoms with Crippen molar-refractivity contribution in [3.05, 3.63) is 0 Å². The third kappa shape index (κ3) is 1.35. The third-order valence-electron chi connectivity index (χ3n) is 3.26. The Morgan fingerprint density at radius 3 is 1.67 bits per heavy atom. The Bertz CT molecular complexity index is 190. The fraction of sp³-hybridized carbons (Fsp3) is 0.900. The molecule has 1 saturated carbocycles. The van der Waals surface area contributed by atoms with Crippen molar-refractivity contribution in [3.8, 4) is 0 Å². The molecule has 1 aliphatic rings. The number of amides is 1. The summed E-state index contributed by atoms with van der Waals surface area (Å²) >= 11 is 0. The van der Waals surface area contributed by atoms with Gasteiger partial charge in [-0.15, -0.1) is 0 Å². The normalized spacial score (nSPS) is 27.3. The first-order valence-corrected chi connectivity index (χ1v) is 4.57. The van der Waals surface area contributed by atoms with Crippen LogP contribution in [0.15, 0.2) is 0 Å². The quantitative estimate of drug-likeness (QED) is 0.640. The summed E-state index contributed by atoms with van der Waals surface area (Å²) in [6, 6.07) is 0. The first-order chi connectivity index (χ1) is 5.27. The Morgan fingerprint density at radius 2 is 1.50 bits per heavy atom. The summed E-state index contributed by atoms with van der Waals surface area (Å²) in [6.07, 6.45) is 2.21. The predicted molar refractivity (Wildman–Crippen MR) is 49.5 cm³/mol. The lowest BCUT2D eigenvalue weighted by Gasteiger charge is -2.32. The van der Waals surface area contributed by atoms with Crippen molar-refractivity contribution in [2.75, 3.05) is 0 Å². The number of rotatable bonds is 1. The van der Waals surface area contributed by atoms with Crippen LogP contribution in [-0.2, 0) is 4.79 Å². The maximum absolute atomic E-state index is 11.3. The number of hydrogen-bond donors (Lipinski definition) is 1. The van der Waals surface area contributed by atoms with E-state index in [9.17, 15) is 4.79 Å². The molecule has 0 aliphatic heterocycles. The lowest BCUT2D eigenvalue weighted by atomic mass is 9.72. The van der Waals surface area contributed by atoms with Crippen LogP contribution in [0.5, 0.6) is 0 Å². The van der Waals surface area contributed by atoms with Gasteiger partial charge in [-0.05, 0) is 23.7 Å². The van der Waals surface area contributed by atoms with Crippen molar-refractivity contribution >= 4 is 5.91 Å². The molecule has 0 saturated heterocycles. The molecule has 12 heavy (non-hydrogen) atoms. The van der Waals surface area contributed by atoms with Crippen LogP contribution in [0.3, 0.4) is 0 Å². The van der Waals surface area contributed by atoms with E-state index in [1.165, 1.54) is 0 Å². The summed E-state index contributed by atoms with van der Waals surface area (Å²) in [5.74, 6) is -0.104. The zero-order chi connectivity index (χ0) is 9.57. The van der Waals surface area contributed by atoms with Crippen LogP contribution < -0.4 is 5.73 Å². The molecule has 0 bridgehead atoms. The molecule has 1 amide bonds. The highest BCUT2D eigenvalue weighted by Gasteiger charge is 2.49. The second-order valence-corrected chi connectivity index (χ2v) is 5.31. The average Bonchev–Trinajstić information content (AvgIpc) is 2.01. The second kappa shape index (κ2) is 2.48. The topological polar surface area (TPSA) is 43.1 Å². The largest absolute Gasteiger partial charge is 0.369 e. The van der Waals surface area contributed by atoms with Crippen molar-refractivity contribution in [3.63, 3.8) is 0 Å². The van der Waals surface area contributed by atoms with Crippen LogP contribution in [0.1, 0.15) is 40.5 Å². The minimum atomic E-state index is -0.137. The van der Waals surface area contributed by atoms with E-state index in [-0.39, 0.29) is 22.7 Å². The zero-order valence-electron chi connectivity index (χ0n) is 8.48. The van der Waals surface area contributed by atoms with Gasteiger partial charge in [0, 0.05) is 5.92 Å². The van der Waals surface area contributed by atoms with Gasteiger partial charge >= 0.3 is 0 Å². The van der Waals surface area contributed by atoms with Crippen molar-refractivity contribution in [1.82, 2.24) is 0 Å². The monoisotopic (exact) mass is 169 g/mol. The van der Waals surface area contributed by atoms with E-state index in [2.05, 4.69) is 27.7 Å². The Labute approximate surface area is 74.5 Å². The predicted octanol–water partition coefficient (Wildman–Crippen LogP) is 1.93. The molecule has 2 N–H and O–H groups in total. The Hall–Kier alpha value is -0.530. The molecule has 2 nitrogen and oxygen atoms in total. The van der Waals surface area contributed by atoms with E-state index in [1.54, 1.807) is 0 Å². The minimum Gasteiger partial charge on any atom is -0.369 e. The van der Waals surface area contributed by atoms with Crippen molar-refractivity contribution in [2.24, 2.45) is 22.5 Å². The number of nitrogens with two attached hydrogens (primary N) is 1. The molecule has 1 rings (SSSR count). The fourth-order valence-corrected chi connectivity index (χ4v) is 2.76. The molecule has 70 valence electrons. The summed E-state index contributed by atoms with van der Waals surface area (Å²) in [7, 11) is 0. The molecule has 0 heterocycles. The van der Waals surface area contributed by atoms with Crippen LogP contribution >= 0.6 is 0 Å². The SMILES string of the molecule is CC1(C)CCC(C)(C)C1C(N)=O. The average molecular weight is 169 g/mol. The van der Waals surface area contributed by atoms with Crippen molar-refractivity contribution < 1.29 is 4.79 Å². The van der Waals surface area contributed by atoms with E-state index in [4.69, 9.17) is 5.73 Å². The molecular formula is C10H19NO. The van der Waals surface area contributed by atoms with E-state index in [0.29, 0.717) is 0 Å². The van der Waals surface area contributed by atoms with Gasteiger partial charge in [0.25, 0.3) is 0 Å². The van der Waals surface area contributed by atoms with Crippen molar-refractivity contribution in [2.45, 2.75) is 40.5 Å². The molecule has 2 heteroatoms. The van der Waals surface area contributed by atoms with Crippen LogP contribution in [0.25, 0.3) is 0 Å². The molecule has 1 aliphatic carbocycles. The lowest BCUT2D eigenvalue weighted by molar-refractivity contribution is -0.127. The number of carbonyl (C=O) groups excluding carboxylic acids is 1. The fourth-order valence-electron chi connectivity index (χ4n) is 2.76. The first kappa shape index (κ1) is 9.56. The molecule has 0 spiro atoms. The van der Waals surface area contributed by atoms with Gasteiger partial charge in [0.1, 0.15) is 0 Å². The zero-order valence-corrected chi connectivity index (χ0v) is 8.48. The van der Waals surface area contributed by atoms with Gasteiger partial charge in [0.2, 0.25) is 5.91 Å². The van der Waals surface area contributed by atoms with E-state index in [0.717, 1.165) is 12.8 Å². The summed E-state index contributed by atoms with van der Waals surface area (Å²) in [5.41, 5.74) is 5.60. The second-order valence-electron chi connectivity index (χ2n) is 5.31. The molecule has 0 unspecified atom stereocenters. The Balaban J connectivity index is 2.96. The third-order valence-corrected chi connectivity index (χ3v) is 3.26. The number of hydrogen-bond acceptors (Lipinski definition) is 1. The highest BCUT2D eigenvalue weighted by molar-refractivity contribution is 5.78. The molecular weight excluding hydrogens is 150 g/mol. The van der Waals surface area contributed by atoms with Gasteiger partial charge in [-0.3, -0.25) is 4.79 Å². The van der Waals surface area contributed by atoms with Crippen LogP contribution in [0, 0.1) is 16.7 Å². The standard InChI is InChI=1S/C10H19NO/c1-9(2)5-6-10(3,4)7(9)8(11)12/h7H,5-6H2,1-4H3,(H2,11,12). The van der Waals surface area contributed by atoms with Crippen LogP contribution in [-0.4, -0.2) is 5.91 Å². The van der Waals surface area contributed by atoms with E-state index < -0.39 is 0 Å². The van der Waals surface area contributed by atoms with Gasteiger partial charge in [-0.1, -0.05) is 27.7 Å². The maximum Gasteiger partial charge on any atom is 0.221 e. The van der Waals surface area contributed by atoms with Gasteiger partial charge < -0.3 is 5.73 Å². The Kier molecular flexibility index (Phi) is 1.97. The van der Waals surface area contributed by atoms with Gasteiger partial charge in [0.15, 0.2) is 0 Å². The highest BCUT2D eigenvalue weighted by atomic mass is 16.1. The molecule has 0 aromatic carbocycles. The summed E-state index contributed by atoms with van der Waals surface area (Å²) < 4.78 is 0. The van der Waals surface area contributed by atoms with Gasteiger partial charge in [-0.2, -0.15) is 0 Å². The smallest absolute Gasteiger partial charge is 0.221 e. The highest BCUT2D eigenvalue weighted by Crippen LogP contribution is 2.53. The lowest BCUT2D eigenvalue weighted by Crippen LogP contribution is -2.39. The minimum absolute atomic E-state index is 0.0324. The number of primary amides is 1. The van der Waals surface area contributed by atoms with Gasteiger partial charge in [0.05, 0.1) is 0 Å².